The number of piperazine rings is 1. The molecule has 0 spiro atoms. The molecule has 2 N–H and O–H groups in total. The van der Waals surface area contributed by atoms with E-state index in [2.05, 4.69) is 15.5 Å². The first kappa shape index (κ1) is 10.6. The molecule has 2 rings (SSSR count). The Morgan fingerprint density at radius 1 is 1.53 bits per heavy atom. The molecule has 0 aliphatic carbocycles. The van der Waals surface area contributed by atoms with Gasteiger partial charge in [0.15, 0.2) is 0 Å². The SMILES string of the molecule is O=C(CN1CCNCC1)Nc1ccsc1. The predicted molar refractivity (Wildman–Crippen MR) is 62.3 cm³/mol. The summed E-state index contributed by atoms with van der Waals surface area (Å²) < 4.78 is 0. The molecule has 1 aromatic heterocycles. The van der Waals surface area contributed by atoms with E-state index in [1.165, 1.54) is 0 Å². The largest absolute Gasteiger partial charge is 0.324 e. The van der Waals surface area contributed by atoms with Crippen LogP contribution in [0.1, 0.15) is 0 Å². The third-order valence-corrected chi connectivity index (χ3v) is 3.06. The van der Waals surface area contributed by atoms with E-state index in [0.29, 0.717) is 6.54 Å². The maximum atomic E-state index is 11.6. The lowest BCUT2D eigenvalue weighted by Crippen LogP contribution is -2.46. The maximum absolute atomic E-state index is 11.6. The molecule has 0 bridgehead atoms. The summed E-state index contributed by atoms with van der Waals surface area (Å²) in [5.41, 5.74) is 0.903. The van der Waals surface area contributed by atoms with Gasteiger partial charge in [-0.15, -0.1) is 0 Å². The first-order valence-corrected chi connectivity index (χ1v) is 6.04. The quantitative estimate of drug-likeness (QED) is 0.791. The summed E-state index contributed by atoms with van der Waals surface area (Å²) in [7, 11) is 0. The molecule has 82 valence electrons. The number of nitrogens with zero attached hydrogens (tertiary/aromatic N) is 1. The van der Waals surface area contributed by atoms with Crippen molar-refractivity contribution in [3.8, 4) is 0 Å². The lowest BCUT2D eigenvalue weighted by Gasteiger charge is -2.26. The number of anilines is 1. The maximum Gasteiger partial charge on any atom is 0.238 e. The molecule has 2 heterocycles. The van der Waals surface area contributed by atoms with Crippen LogP contribution in [0.4, 0.5) is 5.69 Å². The molecule has 1 aliphatic rings. The van der Waals surface area contributed by atoms with Gasteiger partial charge in [-0.25, -0.2) is 0 Å². The number of rotatable bonds is 3. The van der Waals surface area contributed by atoms with Gasteiger partial charge in [0.25, 0.3) is 0 Å². The van der Waals surface area contributed by atoms with Crippen LogP contribution in [0.5, 0.6) is 0 Å². The summed E-state index contributed by atoms with van der Waals surface area (Å²) in [5, 5.41) is 10.0. The molecule has 15 heavy (non-hydrogen) atoms. The smallest absolute Gasteiger partial charge is 0.238 e. The predicted octanol–water partition coefficient (Wildman–Crippen LogP) is 0.592. The van der Waals surface area contributed by atoms with Crippen molar-refractivity contribution in [1.29, 1.82) is 0 Å². The molecule has 0 aromatic carbocycles. The number of amides is 1. The van der Waals surface area contributed by atoms with E-state index in [-0.39, 0.29) is 5.91 Å². The molecule has 1 aromatic rings. The van der Waals surface area contributed by atoms with Crippen LogP contribution in [0, 0.1) is 0 Å². The van der Waals surface area contributed by atoms with E-state index in [1.54, 1.807) is 11.3 Å². The fraction of sp³-hybridized carbons (Fsp3) is 0.500. The molecule has 0 unspecified atom stereocenters. The van der Waals surface area contributed by atoms with Gasteiger partial charge in [-0.2, -0.15) is 11.3 Å². The van der Waals surface area contributed by atoms with Gasteiger partial charge in [0.1, 0.15) is 0 Å². The molecule has 1 saturated heterocycles. The second-order valence-corrected chi connectivity index (χ2v) is 4.37. The van der Waals surface area contributed by atoms with Gasteiger partial charge in [-0.05, 0) is 11.4 Å². The van der Waals surface area contributed by atoms with E-state index in [4.69, 9.17) is 0 Å². The Hall–Kier alpha value is -0.910. The number of carbonyl (C=O) groups is 1. The minimum Gasteiger partial charge on any atom is -0.324 e. The van der Waals surface area contributed by atoms with Crippen LogP contribution in [0.15, 0.2) is 16.8 Å². The monoisotopic (exact) mass is 225 g/mol. The minimum absolute atomic E-state index is 0.0790. The van der Waals surface area contributed by atoms with Crippen LogP contribution >= 0.6 is 11.3 Å². The molecule has 5 heteroatoms. The molecule has 4 nitrogen and oxygen atoms in total. The summed E-state index contributed by atoms with van der Waals surface area (Å²) in [6.07, 6.45) is 0. The van der Waals surface area contributed by atoms with E-state index in [1.807, 2.05) is 16.8 Å². The molecule has 0 saturated carbocycles. The standard InChI is InChI=1S/C10H15N3OS/c14-10(12-9-1-6-15-8-9)7-13-4-2-11-3-5-13/h1,6,8,11H,2-5,7H2,(H,12,14). The van der Waals surface area contributed by atoms with Gasteiger partial charge in [0.2, 0.25) is 5.91 Å². The zero-order chi connectivity index (χ0) is 10.5. The Balaban J connectivity index is 1.76. The molecular weight excluding hydrogens is 210 g/mol. The lowest BCUT2D eigenvalue weighted by molar-refractivity contribution is -0.117. The van der Waals surface area contributed by atoms with Crippen molar-refractivity contribution in [3.05, 3.63) is 16.8 Å². The summed E-state index contributed by atoms with van der Waals surface area (Å²) in [6, 6.07) is 1.92. The summed E-state index contributed by atoms with van der Waals surface area (Å²) in [5.74, 6) is 0.0790. The highest BCUT2D eigenvalue weighted by molar-refractivity contribution is 7.08. The third kappa shape index (κ3) is 3.30. The highest BCUT2D eigenvalue weighted by Crippen LogP contribution is 2.11. The Labute approximate surface area is 93.3 Å². The first-order valence-electron chi connectivity index (χ1n) is 5.10. The highest BCUT2D eigenvalue weighted by Gasteiger charge is 2.13. The van der Waals surface area contributed by atoms with E-state index in [9.17, 15) is 4.79 Å². The zero-order valence-electron chi connectivity index (χ0n) is 8.53. The third-order valence-electron chi connectivity index (χ3n) is 2.38. The fourth-order valence-corrected chi connectivity index (χ4v) is 2.20. The Kier molecular flexibility index (Phi) is 3.71. The lowest BCUT2D eigenvalue weighted by atomic mass is 10.3. The van der Waals surface area contributed by atoms with E-state index < -0.39 is 0 Å². The van der Waals surface area contributed by atoms with Crippen molar-refractivity contribution in [2.45, 2.75) is 0 Å². The van der Waals surface area contributed by atoms with Crippen molar-refractivity contribution in [2.75, 3.05) is 38.0 Å². The molecular formula is C10H15N3OS. The molecule has 0 radical (unpaired) electrons. The average Bonchev–Trinajstić information content (AvgIpc) is 2.71. The topological polar surface area (TPSA) is 44.4 Å². The second kappa shape index (κ2) is 5.25. The van der Waals surface area contributed by atoms with Crippen LogP contribution in [0.25, 0.3) is 0 Å². The molecule has 1 aliphatic heterocycles. The Morgan fingerprint density at radius 3 is 3.00 bits per heavy atom. The van der Waals surface area contributed by atoms with Crippen molar-refractivity contribution >= 4 is 22.9 Å². The molecule has 0 atom stereocenters. The molecule has 1 fully saturated rings. The number of nitrogens with one attached hydrogen (secondary N) is 2. The van der Waals surface area contributed by atoms with Gasteiger partial charge in [0.05, 0.1) is 12.2 Å². The van der Waals surface area contributed by atoms with Crippen LogP contribution in [0.3, 0.4) is 0 Å². The first-order chi connectivity index (χ1) is 7.34. The summed E-state index contributed by atoms with van der Waals surface area (Å²) >= 11 is 1.59. The zero-order valence-corrected chi connectivity index (χ0v) is 9.35. The van der Waals surface area contributed by atoms with E-state index in [0.717, 1.165) is 31.9 Å². The highest BCUT2D eigenvalue weighted by atomic mass is 32.1. The van der Waals surface area contributed by atoms with E-state index >= 15 is 0 Å². The number of carbonyl (C=O) groups excluding carboxylic acids is 1. The fourth-order valence-electron chi connectivity index (χ4n) is 1.61. The van der Waals surface area contributed by atoms with Crippen LogP contribution in [0.2, 0.25) is 0 Å². The Bertz CT molecular complexity index is 306. The summed E-state index contributed by atoms with van der Waals surface area (Å²) in [4.78, 5) is 13.8. The van der Waals surface area contributed by atoms with Crippen molar-refractivity contribution in [3.63, 3.8) is 0 Å². The van der Waals surface area contributed by atoms with Gasteiger partial charge < -0.3 is 10.6 Å². The van der Waals surface area contributed by atoms with Crippen LogP contribution in [-0.4, -0.2) is 43.5 Å². The minimum atomic E-state index is 0.0790. The second-order valence-electron chi connectivity index (χ2n) is 3.59. The van der Waals surface area contributed by atoms with Crippen LogP contribution in [-0.2, 0) is 4.79 Å². The van der Waals surface area contributed by atoms with Gasteiger partial charge in [-0.1, -0.05) is 0 Å². The normalized spacial score (nSPS) is 17.6. The summed E-state index contributed by atoms with van der Waals surface area (Å²) in [6.45, 7) is 4.36. The van der Waals surface area contributed by atoms with Crippen molar-refractivity contribution in [1.82, 2.24) is 10.2 Å². The van der Waals surface area contributed by atoms with Gasteiger partial charge >= 0.3 is 0 Å². The van der Waals surface area contributed by atoms with Gasteiger partial charge in [0, 0.05) is 31.6 Å². The van der Waals surface area contributed by atoms with Crippen molar-refractivity contribution in [2.24, 2.45) is 0 Å². The average molecular weight is 225 g/mol. The molecule has 1 amide bonds. The number of hydrogen-bond donors (Lipinski definition) is 2. The number of thiophene rings is 1. The Morgan fingerprint density at radius 2 is 2.33 bits per heavy atom. The number of hydrogen-bond acceptors (Lipinski definition) is 4. The van der Waals surface area contributed by atoms with Gasteiger partial charge in [-0.3, -0.25) is 9.69 Å². The van der Waals surface area contributed by atoms with Crippen LogP contribution < -0.4 is 10.6 Å². The van der Waals surface area contributed by atoms with Crippen molar-refractivity contribution < 1.29 is 4.79 Å².